The van der Waals surface area contributed by atoms with Gasteiger partial charge in [0, 0.05) is 12.1 Å². The van der Waals surface area contributed by atoms with Crippen molar-refractivity contribution in [2.45, 2.75) is 25.6 Å². The van der Waals surface area contributed by atoms with E-state index in [0.29, 0.717) is 6.54 Å². The summed E-state index contributed by atoms with van der Waals surface area (Å²) in [7, 11) is -1.14. The first-order valence-corrected chi connectivity index (χ1v) is 4.98. The first kappa shape index (κ1) is 12.0. The van der Waals surface area contributed by atoms with Crippen molar-refractivity contribution in [3.8, 4) is 0 Å². The molecule has 0 spiro atoms. The molecule has 0 bridgehead atoms. The Morgan fingerprint density at radius 2 is 2.07 bits per heavy atom. The van der Waals surface area contributed by atoms with E-state index in [0.717, 1.165) is 13.0 Å². The predicted molar refractivity (Wildman–Crippen MR) is 56.8 cm³/mol. The fourth-order valence-corrected chi connectivity index (χ4v) is 1.96. The lowest BCUT2D eigenvalue weighted by atomic mass is 9.81. The van der Waals surface area contributed by atoms with Gasteiger partial charge in [0.1, 0.15) is 0 Å². The molecule has 0 amide bonds. The van der Waals surface area contributed by atoms with Crippen LogP contribution in [0, 0.1) is 0 Å². The number of nitrogens with zero attached hydrogens (tertiary/aromatic N) is 1. The molecule has 80 valence electrons. The van der Waals surface area contributed by atoms with Gasteiger partial charge in [-0.1, -0.05) is 0 Å². The molecule has 0 unspecified atom stereocenters. The lowest BCUT2D eigenvalue weighted by Crippen LogP contribution is -2.56. The quantitative estimate of drug-likeness (QED) is 0.404. The molecule has 0 saturated carbocycles. The lowest BCUT2D eigenvalue weighted by molar-refractivity contribution is 0.184. The Morgan fingerprint density at radius 1 is 1.43 bits per heavy atom. The maximum Gasteiger partial charge on any atom is 0.376 e. The summed E-state index contributed by atoms with van der Waals surface area (Å²) in [4.78, 5) is 1.87. The molecule has 0 aromatic rings. The Balaban J connectivity index is 2.56. The molecule has 1 fully saturated rings. The van der Waals surface area contributed by atoms with E-state index < -0.39 is 19.6 Å². The van der Waals surface area contributed by atoms with Crippen LogP contribution in [0.25, 0.3) is 0 Å². The number of hydrogen-bond donors (Lipinski definition) is 4. The van der Waals surface area contributed by atoms with Gasteiger partial charge in [0.2, 0.25) is 0 Å². The topological polar surface area (TPSA) is 76.0 Å². The molecule has 14 heavy (non-hydrogen) atoms. The minimum atomic E-state index is -0.643. The van der Waals surface area contributed by atoms with Gasteiger partial charge in [-0.25, -0.2) is 0 Å². The van der Waals surface area contributed by atoms with Crippen molar-refractivity contribution in [2.24, 2.45) is 0 Å². The van der Waals surface area contributed by atoms with Crippen LogP contribution in [0.15, 0.2) is 0 Å². The normalized spacial score (nSPS) is 28.1. The molecule has 0 aromatic carbocycles. The van der Waals surface area contributed by atoms with Gasteiger partial charge in [-0.05, 0) is 26.6 Å². The zero-order chi connectivity index (χ0) is 10.8. The Morgan fingerprint density at radius 3 is 2.43 bits per heavy atom. The highest BCUT2D eigenvalue weighted by Crippen LogP contribution is 2.21. The molecule has 1 saturated heterocycles. The monoisotopic (exact) mass is 200 g/mol. The molecular weight excluding hydrogens is 182 g/mol. The van der Waals surface area contributed by atoms with Gasteiger partial charge in [-0.3, -0.25) is 0 Å². The fourth-order valence-electron chi connectivity index (χ4n) is 1.96. The molecule has 0 aliphatic carbocycles. The third kappa shape index (κ3) is 2.71. The summed E-state index contributed by atoms with van der Waals surface area (Å²) in [5.74, 6) is 0. The zero-order valence-electron chi connectivity index (χ0n) is 8.77. The van der Waals surface area contributed by atoms with Crippen LogP contribution >= 0.6 is 0 Å². The minimum absolute atomic E-state index is 0.0267. The Labute approximate surface area is 85.4 Å². The van der Waals surface area contributed by atoms with Gasteiger partial charge in [0.05, 0.1) is 6.61 Å². The summed E-state index contributed by atoms with van der Waals surface area (Å²) in [6, 6.07) is 0. The fraction of sp³-hybridized carbons (Fsp3) is 1.00. The molecule has 1 aliphatic heterocycles. The van der Waals surface area contributed by atoms with E-state index in [4.69, 9.17) is 0 Å². The molecule has 4 N–H and O–H groups in total. The van der Waals surface area contributed by atoms with Crippen LogP contribution in [-0.2, 0) is 0 Å². The number of nitrogens with one attached hydrogen (secondary N) is 1. The van der Waals surface area contributed by atoms with E-state index >= 15 is 0 Å². The van der Waals surface area contributed by atoms with Crippen molar-refractivity contribution in [2.75, 3.05) is 19.7 Å². The summed E-state index contributed by atoms with van der Waals surface area (Å²) < 4.78 is 0. The molecule has 1 rings (SSSR count). The summed E-state index contributed by atoms with van der Waals surface area (Å²) in [5, 5.41) is 30.8. The van der Waals surface area contributed by atoms with Crippen LogP contribution < -0.4 is 5.23 Å². The van der Waals surface area contributed by atoms with Crippen LogP contribution in [0.3, 0.4) is 0 Å². The van der Waals surface area contributed by atoms with Crippen LogP contribution in [0.4, 0.5) is 0 Å². The summed E-state index contributed by atoms with van der Waals surface area (Å²) in [5.41, 5.74) is -0.467. The molecule has 7 heteroatoms. The third-order valence-electron chi connectivity index (χ3n) is 2.73. The SMILES string of the molecule is CB(O)N[C@]1(CO)CCN(B(C)O)C1. The van der Waals surface area contributed by atoms with Crippen molar-refractivity contribution >= 4 is 14.1 Å². The van der Waals surface area contributed by atoms with E-state index in [-0.39, 0.29) is 6.61 Å². The first-order valence-electron chi connectivity index (χ1n) is 4.98. The summed E-state index contributed by atoms with van der Waals surface area (Å²) >= 11 is 0. The zero-order valence-corrected chi connectivity index (χ0v) is 8.77. The van der Waals surface area contributed by atoms with Gasteiger partial charge in [0.25, 0.3) is 0 Å². The molecule has 0 radical (unpaired) electrons. The van der Waals surface area contributed by atoms with Crippen LogP contribution in [0.2, 0.25) is 13.6 Å². The summed E-state index contributed by atoms with van der Waals surface area (Å²) in [6.45, 7) is 4.60. The van der Waals surface area contributed by atoms with Gasteiger partial charge < -0.3 is 25.2 Å². The van der Waals surface area contributed by atoms with Crippen molar-refractivity contribution < 1.29 is 15.2 Å². The second-order valence-corrected chi connectivity index (χ2v) is 4.11. The average molecular weight is 200 g/mol. The maximum absolute atomic E-state index is 9.37. The van der Waals surface area contributed by atoms with E-state index in [2.05, 4.69) is 5.23 Å². The maximum atomic E-state index is 9.37. The van der Waals surface area contributed by atoms with E-state index in [1.54, 1.807) is 13.6 Å². The van der Waals surface area contributed by atoms with Gasteiger partial charge in [-0.15, -0.1) is 0 Å². The van der Waals surface area contributed by atoms with Crippen LogP contribution in [0.1, 0.15) is 6.42 Å². The number of rotatable bonds is 4. The van der Waals surface area contributed by atoms with E-state index in [9.17, 15) is 15.2 Å². The molecule has 1 heterocycles. The Kier molecular flexibility index (Phi) is 3.97. The van der Waals surface area contributed by atoms with Crippen LogP contribution in [-0.4, -0.2) is 59.3 Å². The highest BCUT2D eigenvalue weighted by atomic mass is 16.3. The second-order valence-electron chi connectivity index (χ2n) is 4.11. The average Bonchev–Trinajstić information content (AvgIpc) is 2.49. The van der Waals surface area contributed by atoms with Crippen molar-refractivity contribution in [3.05, 3.63) is 0 Å². The number of aliphatic hydroxyl groups is 1. The lowest BCUT2D eigenvalue weighted by Gasteiger charge is -2.29. The smallest absolute Gasteiger partial charge is 0.376 e. The largest absolute Gasteiger partial charge is 0.437 e. The third-order valence-corrected chi connectivity index (χ3v) is 2.73. The van der Waals surface area contributed by atoms with Crippen LogP contribution in [0.5, 0.6) is 0 Å². The molecule has 0 aromatic heterocycles. The van der Waals surface area contributed by atoms with Crippen molar-refractivity contribution in [1.29, 1.82) is 0 Å². The standard InChI is InChI=1S/C7H18B2N2O3/c1-8(13)10-7(6-12)3-4-11(5-7)9(2)14/h10,12-14H,3-6H2,1-2H3/t7-/m1/s1. The first-order chi connectivity index (χ1) is 6.49. The number of aliphatic hydroxyl groups excluding tert-OH is 1. The molecule has 5 nitrogen and oxygen atoms in total. The highest BCUT2D eigenvalue weighted by molar-refractivity contribution is 6.46. The Hall–Kier alpha value is -0.0701. The second kappa shape index (κ2) is 4.63. The highest BCUT2D eigenvalue weighted by Gasteiger charge is 2.40. The van der Waals surface area contributed by atoms with Crippen molar-refractivity contribution in [1.82, 2.24) is 10.0 Å². The molecule has 1 aliphatic rings. The van der Waals surface area contributed by atoms with Gasteiger partial charge in [-0.2, -0.15) is 0 Å². The van der Waals surface area contributed by atoms with Gasteiger partial charge in [0.15, 0.2) is 0 Å². The number of hydrogen-bond acceptors (Lipinski definition) is 5. The summed E-state index contributed by atoms with van der Waals surface area (Å²) in [6.07, 6.45) is 0.735. The Bertz CT molecular complexity index is 194. The van der Waals surface area contributed by atoms with Gasteiger partial charge >= 0.3 is 14.1 Å². The van der Waals surface area contributed by atoms with E-state index in [1.807, 2.05) is 4.81 Å². The molecule has 1 atom stereocenters. The minimum Gasteiger partial charge on any atom is -0.437 e. The van der Waals surface area contributed by atoms with Crippen molar-refractivity contribution in [3.63, 3.8) is 0 Å². The van der Waals surface area contributed by atoms with E-state index in [1.165, 1.54) is 0 Å². The molecular formula is C7H18B2N2O3. The predicted octanol–water partition coefficient (Wildman–Crippen LogP) is -1.77.